The zero-order chi connectivity index (χ0) is 30.9. The monoisotopic (exact) mass is 602 g/mol. The first-order chi connectivity index (χ1) is 21.4. The van der Waals surface area contributed by atoms with Crippen LogP contribution in [0.3, 0.4) is 0 Å². The van der Waals surface area contributed by atoms with Gasteiger partial charge in [-0.05, 0) is 75.1 Å². The van der Waals surface area contributed by atoms with Gasteiger partial charge in [0, 0.05) is 30.4 Å². The topological polar surface area (TPSA) is 106 Å². The Morgan fingerprint density at radius 1 is 1.11 bits per heavy atom. The molecule has 2 aromatic carbocycles. The highest BCUT2D eigenvalue weighted by Crippen LogP contribution is 2.39. The molecule has 0 saturated heterocycles. The number of ether oxygens (including phenoxy) is 2. The average Bonchev–Trinajstić information content (AvgIpc) is 3.74. The number of anilines is 1. The maximum Gasteiger partial charge on any atom is 0.262 e. The molecular weight excluding hydrogens is 556 g/mol. The Bertz CT molecular complexity index is 1410. The standard InChI is InChI=1S/C35H46N4O5/c1-25(2)39-23-29(22-36-39)28-11-8-9-26(21-28)16-19-43-20-17-33(42)38(30-12-5-6-13-30)18-7-3-4-10-27-14-15-31(40)34-35(27)44-24-32(41)37-34/h8-9,11,14-15,21-23,25,30,40H,3-7,10,12-13,16-20,24H2,1-2H3,(H,37,41). The number of hydrogen-bond acceptors (Lipinski definition) is 6. The SMILES string of the molecule is CC(C)n1cc(-c2cccc(CCOCCC(=O)N(CCCCCc3ccc(O)c4c3OCC(=O)N4)C3CCCC3)c2)cn1. The molecular formula is C35H46N4O5. The van der Waals surface area contributed by atoms with E-state index in [4.69, 9.17) is 9.47 Å². The summed E-state index contributed by atoms with van der Waals surface area (Å²) in [6.45, 7) is 5.99. The van der Waals surface area contributed by atoms with E-state index in [1.807, 2.05) is 16.9 Å². The number of aryl methyl sites for hydroxylation is 1. The lowest BCUT2D eigenvalue weighted by Crippen LogP contribution is -2.40. The predicted octanol–water partition coefficient (Wildman–Crippen LogP) is 6.30. The van der Waals surface area contributed by atoms with Crippen LogP contribution in [-0.4, -0.2) is 64.0 Å². The van der Waals surface area contributed by atoms with E-state index < -0.39 is 0 Å². The highest BCUT2D eigenvalue weighted by atomic mass is 16.5. The second-order valence-electron chi connectivity index (χ2n) is 12.2. The quantitative estimate of drug-likeness (QED) is 0.156. The van der Waals surface area contributed by atoms with E-state index in [-0.39, 0.29) is 24.2 Å². The van der Waals surface area contributed by atoms with Gasteiger partial charge in [-0.3, -0.25) is 14.3 Å². The van der Waals surface area contributed by atoms with Crippen LogP contribution in [0.25, 0.3) is 11.1 Å². The third-order valence-corrected chi connectivity index (χ3v) is 8.65. The zero-order valence-electron chi connectivity index (χ0n) is 26.1. The van der Waals surface area contributed by atoms with Crippen molar-refractivity contribution < 1.29 is 24.2 Å². The van der Waals surface area contributed by atoms with Crippen molar-refractivity contribution in [1.29, 1.82) is 0 Å². The van der Waals surface area contributed by atoms with Crippen LogP contribution >= 0.6 is 0 Å². The average molecular weight is 603 g/mol. The fourth-order valence-corrected chi connectivity index (χ4v) is 6.18. The zero-order valence-corrected chi connectivity index (χ0v) is 26.1. The van der Waals surface area contributed by atoms with Gasteiger partial charge in [-0.1, -0.05) is 49.6 Å². The molecule has 1 aliphatic carbocycles. The summed E-state index contributed by atoms with van der Waals surface area (Å²) in [5.74, 6) is 0.520. The Balaban J connectivity index is 1.04. The molecule has 5 rings (SSSR count). The van der Waals surface area contributed by atoms with Gasteiger partial charge in [0.15, 0.2) is 12.4 Å². The first-order valence-electron chi connectivity index (χ1n) is 16.2. The van der Waals surface area contributed by atoms with Crippen molar-refractivity contribution >= 4 is 17.5 Å². The molecule has 2 heterocycles. The lowest BCUT2D eigenvalue weighted by atomic mass is 10.0. The minimum Gasteiger partial charge on any atom is -0.506 e. The van der Waals surface area contributed by atoms with E-state index in [1.165, 1.54) is 18.4 Å². The molecule has 0 atom stereocenters. The third kappa shape index (κ3) is 8.20. The molecule has 0 radical (unpaired) electrons. The van der Waals surface area contributed by atoms with E-state index in [0.717, 1.165) is 68.2 Å². The second-order valence-corrected chi connectivity index (χ2v) is 12.2. The first kappa shape index (κ1) is 31.6. The number of hydrogen-bond donors (Lipinski definition) is 2. The fourth-order valence-electron chi connectivity index (χ4n) is 6.18. The van der Waals surface area contributed by atoms with Crippen LogP contribution in [0, 0.1) is 0 Å². The van der Waals surface area contributed by atoms with Crippen molar-refractivity contribution in [2.75, 3.05) is 31.7 Å². The maximum atomic E-state index is 13.3. The first-order valence-corrected chi connectivity index (χ1v) is 16.2. The lowest BCUT2D eigenvalue weighted by Gasteiger charge is -2.29. The van der Waals surface area contributed by atoms with Crippen LogP contribution in [-0.2, 0) is 27.2 Å². The van der Waals surface area contributed by atoms with Crippen LogP contribution in [0.15, 0.2) is 48.8 Å². The van der Waals surface area contributed by atoms with Crippen LogP contribution in [0.5, 0.6) is 11.5 Å². The smallest absolute Gasteiger partial charge is 0.262 e. The van der Waals surface area contributed by atoms with E-state index in [2.05, 4.69) is 59.6 Å². The lowest BCUT2D eigenvalue weighted by molar-refractivity contribution is -0.134. The minimum atomic E-state index is -0.260. The van der Waals surface area contributed by atoms with E-state index in [0.29, 0.717) is 43.2 Å². The normalized spacial score (nSPS) is 14.8. The van der Waals surface area contributed by atoms with Gasteiger partial charge in [0.25, 0.3) is 5.91 Å². The van der Waals surface area contributed by atoms with Crippen molar-refractivity contribution in [2.24, 2.45) is 0 Å². The summed E-state index contributed by atoms with van der Waals surface area (Å²) in [5, 5.41) is 17.3. The molecule has 2 amide bonds. The predicted molar refractivity (Wildman–Crippen MR) is 171 cm³/mol. The molecule has 9 nitrogen and oxygen atoms in total. The number of phenolic OH excluding ortho intramolecular Hbond substituents is 1. The van der Waals surface area contributed by atoms with Gasteiger partial charge >= 0.3 is 0 Å². The third-order valence-electron chi connectivity index (χ3n) is 8.65. The number of aromatic nitrogens is 2. The van der Waals surface area contributed by atoms with Gasteiger partial charge in [-0.2, -0.15) is 5.10 Å². The van der Waals surface area contributed by atoms with Gasteiger partial charge in [-0.25, -0.2) is 0 Å². The molecule has 0 unspecified atom stereocenters. The van der Waals surface area contributed by atoms with E-state index in [1.54, 1.807) is 6.07 Å². The van der Waals surface area contributed by atoms with E-state index >= 15 is 0 Å². The number of amides is 2. The Morgan fingerprint density at radius 2 is 1.95 bits per heavy atom. The molecule has 236 valence electrons. The number of fused-ring (bicyclic) bond motifs is 1. The molecule has 0 bridgehead atoms. The number of carbonyl (C=O) groups excluding carboxylic acids is 2. The molecule has 0 spiro atoms. The molecule has 1 saturated carbocycles. The van der Waals surface area contributed by atoms with Crippen molar-refractivity contribution in [3.63, 3.8) is 0 Å². The molecule has 3 aromatic rings. The van der Waals surface area contributed by atoms with E-state index in [9.17, 15) is 14.7 Å². The van der Waals surface area contributed by atoms with Crippen LogP contribution in [0.4, 0.5) is 5.69 Å². The van der Waals surface area contributed by atoms with Gasteiger partial charge in [0.1, 0.15) is 11.4 Å². The van der Waals surface area contributed by atoms with Gasteiger partial charge in [-0.15, -0.1) is 0 Å². The highest BCUT2D eigenvalue weighted by molar-refractivity contribution is 5.97. The molecule has 2 N–H and O–H groups in total. The van der Waals surface area contributed by atoms with Gasteiger partial charge < -0.3 is 24.8 Å². The molecule has 44 heavy (non-hydrogen) atoms. The number of nitrogens with zero attached hydrogens (tertiary/aromatic N) is 3. The number of rotatable bonds is 15. The van der Waals surface area contributed by atoms with Crippen LogP contribution in [0.1, 0.15) is 82.4 Å². The Morgan fingerprint density at radius 3 is 2.75 bits per heavy atom. The molecule has 1 aromatic heterocycles. The number of benzene rings is 2. The van der Waals surface area contributed by atoms with Crippen molar-refractivity contribution in [3.05, 3.63) is 59.9 Å². The molecule has 1 aliphatic heterocycles. The van der Waals surface area contributed by atoms with Crippen LogP contribution in [0.2, 0.25) is 0 Å². The molecule has 1 fully saturated rings. The molecule has 9 heteroatoms. The van der Waals surface area contributed by atoms with Crippen LogP contribution < -0.4 is 10.1 Å². The summed E-state index contributed by atoms with van der Waals surface area (Å²) in [5.41, 5.74) is 4.82. The highest BCUT2D eigenvalue weighted by Gasteiger charge is 2.26. The number of carbonyl (C=O) groups is 2. The summed E-state index contributed by atoms with van der Waals surface area (Å²) in [6.07, 6.45) is 13.4. The summed E-state index contributed by atoms with van der Waals surface area (Å²) in [4.78, 5) is 27.0. The largest absolute Gasteiger partial charge is 0.506 e. The molecule has 2 aliphatic rings. The summed E-state index contributed by atoms with van der Waals surface area (Å²) < 4.78 is 13.5. The Kier molecular flexibility index (Phi) is 10.9. The summed E-state index contributed by atoms with van der Waals surface area (Å²) in [7, 11) is 0. The minimum absolute atomic E-state index is 0.0200. The second kappa shape index (κ2) is 15.2. The number of nitrogens with one attached hydrogen (secondary N) is 1. The van der Waals surface area contributed by atoms with Gasteiger partial charge in [0.2, 0.25) is 5.91 Å². The van der Waals surface area contributed by atoms with Crippen molar-refractivity contribution in [2.45, 2.75) is 90.1 Å². The maximum absolute atomic E-state index is 13.3. The number of phenols is 1. The van der Waals surface area contributed by atoms with Crippen molar-refractivity contribution in [1.82, 2.24) is 14.7 Å². The van der Waals surface area contributed by atoms with Gasteiger partial charge in [0.05, 0.1) is 25.8 Å². The summed E-state index contributed by atoms with van der Waals surface area (Å²) >= 11 is 0. The number of unbranched alkanes of at least 4 members (excludes halogenated alkanes) is 2. The number of aromatic hydroxyl groups is 1. The Labute approximate surface area is 260 Å². The van der Waals surface area contributed by atoms with Crippen molar-refractivity contribution in [3.8, 4) is 22.6 Å². The fraction of sp³-hybridized carbons (Fsp3) is 0.514. The Hall–Kier alpha value is -3.85. The summed E-state index contributed by atoms with van der Waals surface area (Å²) in [6, 6.07) is 12.6.